The Bertz CT molecular complexity index is 1140. The normalized spacial score (nSPS) is 11.0. The second-order valence-corrected chi connectivity index (χ2v) is 6.34. The van der Waals surface area contributed by atoms with Gasteiger partial charge >= 0.3 is 0 Å². The molecule has 2 heterocycles. The van der Waals surface area contributed by atoms with Crippen LogP contribution in [0.1, 0.15) is 11.1 Å². The summed E-state index contributed by atoms with van der Waals surface area (Å²) < 4.78 is 6.69. The van der Waals surface area contributed by atoms with E-state index in [1.807, 2.05) is 43.3 Å². The molecule has 0 bridgehead atoms. The van der Waals surface area contributed by atoms with E-state index >= 15 is 0 Å². The molecule has 5 heteroatoms. The molecule has 0 saturated heterocycles. The van der Waals surface area contributed by atoms with Gasteiger partial charge in [0.15, 0.2) is 5.65 Å². The van der Waals surface area contributed by atoms with Crippen molar-refractivity contribution in [2.75, 3.05) is 7.11 Å². The van der Waals surface area contributed by atoms with Crippen LogP contribution in [-0.4, -0.2) is 21.7 Å². The summed E-state index contributed by atoms with van der Waals surface area (Å²) in [5.74, 6) is 0.769. The number of methoxy groups -OCH3 is 1. The third kappa shape index (κ3) is 2.67. The van der Waals surface area contributed by atoms with Crippen molar-refractivity contribution in [1.82, 2.24) is 14.6 Å². The summed E-state index contributed by atoms with van der Waals surface area (Å²) in [6.07, 6.45) is 0. The van der Waals surface area contributed by atoms with Crippen molar-refractivity contribution >= 4 is 5.65 Å². The highest BCUT2D eigenvalue weighted by Gasteiger charge is 2.14. The molecule has 0 fully saturated rings. The highest BCUT2D eigenvalue weighted by molar-refractivity contribution is 5.72. The van der Waals surface area contributed by atoms with Gasteiger partial charge in [0.1, 0.15) is 5.75 Å². The first-order valence-corrected chi connectivity index (χ1v) is 8.40. The average Bonchev–Trinajstić information content (AvgIpc) is 3.00. The van der Waals surface area contributed by atoms with Crippen LogP contribution in [0.15, 0.2) is 59.4 Å². The molecule has 0 atom stereocenters. The molecule has 0 saturated carbocycles. The highest BCUT2D eigenvalue weighted by Crippen LogP contribution is 2.26. The van der Waals surface area contributed by atoms with Crippen LogP contribution in [0.3, 0.4) is 0 Å². The monoisotopic (exact) mass is 345 g/mol. The van der Waals surface area contributed by atoms with Crippen LogP contribution in [0, 0.1) is 13.8 Å². The van der Waals surface area contributed by atoms with Gasteiger partial charge in [0.2, 0.25) is 0 Å². The Labute approximate surface area is 150 Å². The van der Waals surface area contributed by atoms with Crippen molar-refractivity contribution in [2.45, 2.75) is 13.8 Å². The fourth-order valence-corrected chi connectivity index (χ4v) is 3.06. The summed E-state index contributed by atoms with van der Waals surface area (Å²) in [4.78, 5) is 17.3. The molecular formula is C21H19N3O2. The third-order valence-corrected chi connectivity index (χ3v) is 4.58. The van der Waals surface area contributed by atoms with Crippen molar-refractivity contribution in [1.29, 1.82) is 0 Å². The van der Waals surface area contributed by atoms with E-state index in [2.05, 4.69) is 24.2 Å². The minimum Gasteiger partial charge on any atom is -0.497 e. The third-order valence-electron chi connectivity index (χ3n) is 4.58. The predicted molar refractivity (Wildman–Crippen MR) is 103 cm³/mol. The zero-order valence-corrected chi connectivity index (χ0v) is 14.9. The van der Waals surface area contributed by atoms with Gasteiger partial charge in [0.25, 0.3) is 5.56 Å². The van der Waals surface area contributed by atoms with Gasteiger partial charge < -0.3 is 4.74 Å². The Hall–Kier alpha value is -3.34. The van der Waals surface area contributed by atoms with Gasteiger partial charge in [-0.25, -0.2) is 9.50 Å². The van der Waals surface area contributed by atoms with Crippen LogP contribution in [0.5, 0.6) is 5.75 Å². The molecule has 0 spiro atoms. The van der Waals surface area contributed by atoms with Gasteiger partial charge in [-0.1, -0.05) is 29.8 Å². The van der Waals surface area contributed by atoms with Crippen molar-refractivity contribution in [2.24, 2.45) is 0 Å². The molecule has 5 nitrogen and oxygen atoms in total. The summed E-state index contributed by atoms with van der Waals surface area (Å²) in [7, 11) is 1.63. The summed E-state index contributed by atoms with van der Waals surface area (Å²) in [5, 5.41) is 3.19. The maximum absolute atomic E-state index is 12.6. The van der Waals surface area contributed by atoms with E-state index in [1.54, 1.807) is 13.2 Å². The number of aryl methyl sites for hydroxylation is 2. The standard InChI is InChI=1S/C21H19N3O2/c1-13-4-6-16(7-5-13)20-14(2)21-22-18(12-19(25)24(21)23-20)15-8-10-17(26-3)11-9-15/h4-12,23H,1-3H3. The quantitative estimate of drug-likeness (QED) is 0.611. The molecule has 0 aliphatic carbocycles. The molecule has 130 valence electrons. The molecule has 0 unspecified atom stereocenters. The first kappa shape index (κ1) is 16.1. The molecule has 0 radical (unpaired) electrons. The SMILES string of the molecule is COc1ccc(-c2cc(=O)n3[nH]c(-c4ccc(C)cc4)c(C)c3n2)cc1. The second kappa shape index (κ2) is 6.19. The number of nitrogens with zero attached hydrogens (tertiary/aromatic N) is 2. The number of H-pyrrole nitrogens is 1. The van der Waals surface area contributed by atoms with Gasteiger partial charge in [-0.3, -0.25) is 9.89 Å². The first-order chi connectivity index (χ1) is 12.6. The molecule has 0 amide bonds. The number of aromatic amines is 1. The van der Waals surface area contributed by atoms with Crippen LogP contribution < -0.4 is 10.3 Å². The molecular weight excluding hydrogens is 326 g/mol. The Balaban J connectivity index is 1.87. The fourth-order valence-electron chi connectivity index (χ4n) is 3.06. The van der Waals surface area contributed by atoms with Crippen LogP contribution in [0.2, 0.25) is 0 Å². The van der Waals surface area contributed by atoms with E-state index < -0.39 is 0 Å². The van der Waals surface area contributed by atoms with Gasteiger partial charge in [-0.15, -0.1) is 0 Å². The van der Waals surface area contributed by atoms with E-state index in [0.717, 1.165) is 28.1 Å². The maximum atomic E-state index is 12.6. The Morgan fingerprint density at radius 2 is 1.62 bits per heavy atom. The summed E-state index contributed by atoms with van der Waals surface area (Å²) in [6, 6.07) is 17.3. The molecule has 2 aromatic carbocycles. The Morgan fingerprint density at radius 3 is 2.27 bits per heavy atom. The molecule has 0 aliphatic heterocycles. The van der Waals surface area contributed by atoms with E-state index in [9.17, 15) is 4.79 Å². The number of rotatable bonds is 3. The Morgan fingerprint density at radius 1 is 0.962 bits per heavy atom. The highest BCUT2D eigenvalue weighted by atomic mass is 16.5. The molecule has 2 aromatic heterocycles. The van der Waals surface area contributed by atoms with Gasteiger partial charge in [-0.2, -0.15) is 0 Å². The minimum atomic E-state index is -0.137. The number of nitrogens with one attached hydrogen (secondary N) is 1. The Kier molecular flexibility index (Phi) is 3.84. The lowest BCUT2D eigenvalue weighted by atomic mass is 10.1. The molecule has 4 rings (SSSR count). The first-order valence-electron chi connectivity index (χ1n) is 8.40. The zero-order valence-electron chi connectivity index (χ0n) is 14.9. The van der Waals surface area contributed by atoms with Gasteiger partial charge in [-0.05, 0) is 43.7 Å². The topological polar surface area (TPSA) is 59.4 Å². The van der Waals surface area contributed by atoms with Crippen LogP contribution >= 0.6 is 0 Å². The largest absolute Gasteiger partial charge is 0.497 e. The summed E-state index contributed by atoms with van der Waals surface area (Å²) >= 11 is 0. The predicted octanol–water partition coefficient (Wildman–Crippen LogP) is 3.98. The smallest absolute Gasteiger partial charge is 0.273 e. The van der Waals surface area contributed by atoms with E-state index in [4.69, 9.17) is 9.72 Å². The number of hydrogen-bond acceptors (Lipinski definition) is 3. The molecule has 4 aromatic rings. The number of fused-ring (bicyclic) bond motifs is 1. The zero-order chi connectivity index (χ0) is 18.3. The maximum Gasteiger partial charge on any atom is 0.273 e. The van der Waals surface area contributed by atoms with Crippen molar-refractivity contribution in [3.8, 4) is 28.3 Å². The fraction of sp³-hybridized carbons (Fsp3) is 0.143. The van der Waals surface area contributed by atoms with E-state index in [0.29, 0.717) is 11.3 Å². The summed E-state index contributed by atoms with van der Waals surface area (Å²) in [5.41, 5.74) is 6.10. The van der Waals surface area contributed by atoms with E-state index in [1.165, 1.54) is 10.1 Å². The van der Waals surface area contributed by atoms with Crippen LogP contribution in [0.4, 0.5) is 0 Å². The van der Waals surface area contributed by atoms with Gasteiger partial charge in [0.05, 0.1) is 18.5 Å². The lowest BCUT2D eigenvalue weighted by Crippen LogP contribution is -2.14. The average molecular weight is 345 g/mol. The van der Waals surface area contributed by atoms with E-state index in [-0.39, 0.29) is 5.56 Å². The number of ether oxygens (including phenoxy) is 1. The summed E-state index contributed by atoms with van der Waals surface area (Å²) in [6.45, 7) is 4.03. The number of hydrogen-bond donors (Lipinski definition) is 1. The second-order valence-electron chi connectivity index (χ2n) is 6.34. The molecule has 0 aliphatic rings. The van der Waals surface area contributed by atoms with Gasteiger partial charge in [0, 0.05) is 17.2 Å². The molecule has 26 heavy (non-hydrogen) atoms. The lowest BCUT2D eigenvalue weighted by molar-refractivity contribution is 0.415. The van der Waals surface area contributed by atoms with Crippen LogP contribution in [0.25, 0.3) is 28.2 Å². The molecule has 1 N–H and O–H groups in total. The number of benzene rings is 2. The van der Waals surface area contributed by atoms with Crippen molar-refractivity contribution in [3.05, 3.63) is 76.1 Å². The number of aromatic nitrogens is 3. The minimum absolute atomic E-state index is 0.137. The van der Waals surface area contributed by atoms with Crippen molar-refractivity contribution in [3.63, 3.8) is 0 Å². The van der Waals surface area contributed by atoms with Crippen molar-refractivity contribution < 1.29 is 4.74 Å². The van der Waals surface area contributed by atoms with Crippen LogP contribution in [-0.2, 0) is 0 Å². The lowest BCUT2D eigenvalue weighted by Gasteiger charge is -2.03.